The molecule has 1 heterocycles. The molecule has 5 heteroatoms. The highest BCUT2D eigenvalue weighted by Gasteiger charge is 2.10. The molecule has 5 nitrogen and oxygen atoms in total. The molecular weight excluding hydrogens is 270 g/mol. The summed E-state index contributed by atoms with van der Waals surface area (Å²) in [5, 5.41) is 0. The lowest BCUT2D eigenvalue weighted by molar-refractivity contribution is 0.0358. The van der Waals surface area contributed by atoms with E-state index in [0.717, 1.165) is 39.3 Å². The average Bonchev–Trinajstić information content (AvgIpc) is 2.53. The van der Waals surface area contributed by atoms with E-state index in [1.165, 1.54) is 0 Å². The van der Waals surface area contributed by atoms with Crippen LogP contribution in [0.4, 0.5) is 0 Å². The molecular formula is C16H23NO4. The molecule has 1 aliphatic heterocycles. The molecule has 0 bridgehead atoms. The van der Waals surface area contributed by atoms with Crippen LogP contribution in [-0.2, 0) is 9.47 Å². The van der Waals surface area contributed by atoms with E-state index in [-0.39, 0.29) is 5.97 Å². The van der Waals surface area contributed by atoms with Gasteiger partial charge in [-0.25, -0.2) is 4.79 Å². The van der Waals surface area contributed by atoms with Crippen molar-refractivity contribution in [2.75, 3.05) is 46.1 Å². The third kappa shape index (κ3) is 5.36. The van der Waals surface area contributed by atoms with E-state index >= 15 is 0 Å². The maximum Gasteiger partial charge on any atom is 0.338 e. The standard InChI is InChI=1S/C16H23NO4/c1-2-20-16(18)14-5-3-6-15(13-14)21-10-4-7-17-8-11-19-12-9-17/h3,5-6,13H,2,4,7-12H2,1H3. The summed E-state index contributed by atoms with van der Waals surface area (Å²) in [5.74, 6) is 0.402. The van der Waals surface area contributed by atoms with Crippen LogP contribution in [0.15, 0.2) is 24.3 Å². The highest BCUT2D eigenvalue weighted by Crippen LogP contribution is 2.14. The number of ether oxygens (including phenoxy) is 3. The summed E-state index contributed by atoms with van der Waals surface area (Å²) in [6, 6.07) is 7.13. The lowest BCUT2D eigenvalue weighted by atomic mass is 10.2. The zero-order valence-corrected chi connectivity index (χ0v) is 12.5. The molecule has 0 unspecified atom stereocenters. The zero-order valence-electron chi connectivity index (χ0n) is 12.5. The Labute approximate surface area is 125 Å². The largest absolute Gasteiger partial charge is 0.494 e. The Morgan fingerprint density at radius 2 is 2.14 bits per heavy atom. The number of hydrogen-bond acceptors (Lipinski definition) is 5. The van der Waals surface area contributed by atoms with Crippen molar-refractivity contribution in [2.24, 2.45) is 0 Å². The predicted molar refractivity (Wildman–Crippen MR) is 79.8 cm³/mol. The van der Waals surface area contributed by atoms with Gasteiger partial charge in [-0.15, -0.1) is 0 Å². The zero-order chi connectivity index (χ0) is 14.9. The molecule has 0 aromatic heterocycles. The van der Waals surface area contributed by atoms with Gasteiger partial charge in [-0.05, 0) is 31.5 Å². The summed E-state index contributed by atoms with van der Waals surface area (Å²) in [5.41, 5.74) is 0.530. The monoisotopic (exact) mass is 293 g/mol. The Morgan fingerprint density at radius 1 is 1.33 bits per heavy atom. The Balaban J connectivity index is 1.72. The molecule has 1 fully saturated rings. The van der Waals surface area contributed by atoms with Crippen molar-refractivity contribution in [3.05, 3.63) is 29.8 Å². The molecule has 0 saturated carbocycles. The maximum absolute atomic E-state index is 11.6. The Hall–Kier alpha value is -1.59. The van der Waals surface area contributed by atoms with Crippen molar-refractivity contribution in [1.82, 2.24) is 4.90 Å². The lowest BCUT2D eigenvalue weighted by Gasteiger charge is -2.26. The first kappa shape index (κ1) is 15.8. The number of benzene rings is 1. The molecule has 0 radical (unpaired) electrons. The molecule has 0 aliphatic carbocycles. The number of carbonyl (C=O) groups is 1. The topological polar surface area (TPSA) is 48.0 Å². The van der Waals surface area contributed by atoms with E-state index in [9.17, 15) is 4.79 Å². The molecule has 0 N–H and O–H groups in total. The second-order valence-electron chi connectivity index (χ2n) is 4.90. The number of nitrogens with zero attached hydrogens (tertiary/aromatic N) is 1. The molecule has 1 aromatic carbocycles. The van der Waals surface area contributed by atoms with E-state index in [4.69, 9.17) is 14.2 Å². The van der Waals surface area contributed by atoms with Crippen LogP contribution in [0.25, 0.3) is 0 Å². The Bertz CT molecular complexity index is 444. The summed E-state index contributed by atoms with van der Waals surface area (Å²) in [6.45, 7) is 7.47. The van der Waals surface area contributed by atoms with Gasteiger partial charge in [-0.2, -0.15) is 0 Å². The van der Waals surface area contributed by atoms with Crippen LogP contribution >= 0.6 is 0 Å². The first-order valence-electron chi connectivity index (χ1n) is 7.49. The van der Waals surface area contributed by atoms with Crippen molar-refractivity contribution in [3.8, 4) is 5.75 Å². The molecule has 21 heavy (non-hydrogen) atoms. The Morgan fingerprint density at radius 3 is 2.90 bits per heavy atom. The van der Waals surface area contributed by atoms with Gasteiger partial charge < -0.3 is 14.2 Å². The van der Waals surface area contributed by atoms with Crippen LogP contribution in [0.1, 0.15) is 23.7 Å². The van der Waals surface area contributed by atoms with Crippen LogP contribution in [0.2, 0.25) is 0 Å². The summed E-state index contributed by atoms with van der Waals surface area (Å²) >= 11 is 0. The number of carbonyl (C=O) groups excluding carboxylic acids is 1. The number of hydrogen-bond donors (Lipinski definition) is 0. The molecule has 1 aliphatic rings. The molecule has 1 aromatic rings. The van der Waals surface area contributed by atoms with Crippen molar-refractivity contribution in [3.63, 3.8) is 0 Å². The van der Waals surface area contributed by atoms with Gasteiger partial charge in [0.05, 0.1) is 32.0 Å². The average molecular weight is 293 g/mol. The van der Waals surface area contributed by atoms with E-state index in [0.29, 0.717) is 24.5 Å². The normalized spacial score (nSPS) is 15.7. The second kappa shape index (κ2) is 8.64. The SMILES string of the molecule is CCOC(=O)c1cccc(OCCCN2CCOCC2)c1. The number of rotatable bonds is 7. The van der Waals surface area contributed by atoms with E-state index in [1.54, 1.807) is 19.1 Å². The molecule has 1 saturated heterocycles. The molecule has 0 spiro atoms. The van der Waals surface area contributed by atoms with Gasteiger partial charge in [0.25, 0.3) is 0 Å². The summed E-state index contributed by atoms with van der Waals surface area (Å²) < 4.78 is 16.0. The fourth-order valence-corrected chi connectivity index (χ4v) is 2.23. The first-order chi connectivity index (χ1) is 10.3. The van der Waals surface area contributed by atoms with Gasteiger partial charge in [0.1, 0.15) is 5.75 Å². The minimum atomic E-state index is -0.309. The van der Waals surface area contributed by atoms with Gasteiger partial charge in [0, 0.05) is 19.6 Å². The van der Waals surface area contributed by atoms with Crippen LogP contribution in [0, 0.1) is 0 Å². The smallest absolute Gasteiger partial charge is 0.338 e. The van der Waals surface area contributed by atoms with Gasteiger partial charge >= 0.3 is 5.97 Å². The van der Waals surface area contributed by atoms with Gasteiger partial charge in [-0.1, -0.05) is 6.07 Å². The third-order valence-electron chi connectivity index (χ3n) is 3.34. The first-order valence-corrected chi connectivity index (χ1v) is 7.49. The van der Waals surface area contributed by atoms with Crippen LogP contribution in [0.5, 0.6) is 5.75 Å². The maximum atomic E-state index is 11.6. The molecule has 116 valence electrons. The summed E-state index contributed by atoms with van der Waals surface area (Å²) in [4.78, 5) is 14.0. The Kier molecular flexibility index (Phi) is 6.50. The summed E-state index contributed by atoms with van der Waals surface area (Å²) in [6.07, 6.45) is 0.962. The molecule has 2 rings (SSSR count). The van der Waals surface area contributed by atoms with E-state index in [2.05, 4.69) is 4.90 Å². The molecule has 0 atom stereocenters. The fraction of sp³-hybridized carbons (Fsp3) is 0.562. The summed E-state index contributed by atoms with van der Waals surface area (Å²) in [7, 11) is 0. The van der Waals surface area contributed by atoms with Crippen molar-refractivity contribution in [2.45, 2.75) is 13.3 Å². The predicted octanol–water partition coefficient (Wildman–Crippen LogP) is 1.96. The van der Waals surface area contributed by atoms with Gasteiger partial charge in [-0.3, -0.25) is 4.90 Å². The highest BCUT2D eigenvalue weighted by molar-refractivity contribution is 5.89. The third-order valence-corrected chi connectivity index (χ3v) is 3.34. The molecule has 0 amide bonds. The highest BCUT2D eigenvalue weighted by atomic mass is 16.5. The quantitative estimate of drug-likeness (QED) is 0.568. The fourth-order valence-electron chi connectivity index (χ4n) is 2.23. The van der Waals surface area contributed by atoms with Crippen LogP contribution < -0.4 is 4.74 Å². The number of esters is 1. The van der Waals surface area contributed by atoms with E-state index in [1.807, 2.05) is 12.1 Å². The van der Waals surface area contributed by atoms with Crippen molar-refractivity contribution in [1.29, 1.82) is 0 Å². The van der Waals surface area contributed by atoms with Gasteiger partial charge in [0.2, 0.25) is 0 Å². The minimum Gasteiger partial charge on any atom is -0.494 e. The van der Waals surface area contributed by atoms with Crippen molar-refractivity contribution < 1.29 is 19.0 Å². The lowest BCUT2D eigenvalue weighted by Crippen LogP contribution is -2.37. The van der Waals surface area contributed by atoms with Crippen LogP contribution in [-0.4, -0.2) is 56.9 Å². The van der Waals surface area contributed by atoms with E-state index < -0.39 is 0 Å². The number of morpholine rings is 1. The van der Waals surface area contributed by atoms with Crippen LogP contribution in [0.3, 0.4) is 0 Å². The minimum absolute atomic E-state index is 0.309. The second-order valence-corrected chi connectivity index (χ2v) is 4.90. The van der Waals surface area contributed by atoms with Gasteiger partial charge in [0.15, 0.2) is 0 Å². The van der Waals surface area contributed by atoms with Crippen molar-refractivity contribution >= 4 is 5.97 Å².